The summed E-state index contributed by atoms with van der Waals surface area (Å²) in [7, 11) is 0. The van der Waals surface area contributed by atoms with Crippen LogP contribution in [0.4, 0.5) is 5.69 Å². The van der Waals surface area contributed by atoms with Crippen molar-refractivity contribution in [3.8, 4) is 0 Å². The van der Waals surface area contributed by atoms with E-state index in [2.05, 4.69) is 10.6 Å². The molecule has 0 heterocycles. The zero-order valence-corrected chi connectivity index (χ0v) is 14.0. The first-order chi connectivity index (χ1) is 11.0. The van der Waals surface area contributed by atoms with Crippen molar-refractivity contribution in [1.29, 1.82) is 0 Å². The minimum Gasteiger partial charge on any atom is -0.352 e. The molecule has 23 heavy (non-hydrogen) atoms. The molecule has 4 nitrogen and oxygen atoms in total. The SMILES string of the molecule is CCCNC(=O)c1cccc(NC(=O)c2cc(Cl)cc(Cl)c2)c1. The maximum atomic E-state index is 12.2. The van der Waals surface area contributed by atoms with E-state index in [1.807, 2.05) is 6.92 Å². The van der Waals surface area contributed by atoms with Crippen LogP contribution in [0.1, 0.15) is 34.1 Å². The largest absolute Gasteiger partial charge is 0.352 e. The van der Waals surface area contributed by atoms with Crippen molar-refractivity contribution in [2.45, 2.75) is 13.3 Å². The van der Waals surface area contributed by atoms with Crippen LogP contribution < -0.4 is 10.6 Å². The molecule has 0 spiro atoms. The maximum absolute atomic E-state index is 12.2. The molecule has 0 saturated heterocycles. The van der Waals surface area contributed by atoms with E-state index in [0.29, 0.717) is 33.4 Å². The molecule has 0 aromatic heterocycles. The average Bonchev–Trinajstić information content (AvgIpc) is 2.52. The van der Waals surface area contributed by atoms with Crippen LogP contribution in [0.2, 0.25) is 10.0 Å². The molecule has 0 atom stereocenters. The molecule has 2 N–H and O–H groups in total. The van der Waals surface area contributed by atoms with Crippen molar-refractivity contribution in [2.24, 2.45) is 0 Å². The summed E-state index contributed by atoms with van der Waals surface area (Å²) in [5.41, 5.74) is 1.36. The number of hydrogen-bond acceptors (Lipinski definition) is 2. The predicted molar refractivity (Wildman–Crippen MR) is 93.5 cm³/mol. The second-order valence-corrected chi connectivity index (χ2v) is 5.82. The summed E-state index contributed by atoms with van der Waals surface area (Å²) < 4.78 is 0. The fourth-order valence-electron chi connectivity index (χ4n) is 1.97. The Balaban J connectivity index is 2.13. The zero-order chi connectivity index (χ0) is 16.8. The fourth-order valence-corrected chi connectivity index (χ4v) is 2.49. The van der Waals surface area contributed by atoms with Gasteiger partial charge < -0.3 is 10.6 Å². The molecular formula is C17H16Cl2N2O2. The van der Waals surface area contributed by atoms with Crippen LogP contribution in [-0.2, 0) is 0 Å². The standard InChI is InChI=1S/C17H16Cl2N2O2/c1-2-6-20-16(22)11-4-3-5-15(9-11)21-17(23)12-7-13(18)10-14(19)8-12/h3-5,7-10H,2,6H2,1H3,(H,20,22)(H,21,23). The van der Waals surface area contributed by atoms with E-state index in [9.17, 15) is 9.59 Å². The van der Waals surface area contributed by atoms with E-state index in [1.54, 1.807) is 30.3 Å². The van der Waals surface area contributed by atoms with Crippen LogP contribution in [0, 0.1) is 0 Å². The van der Waals surface area contributed by atoms with E-state index >= 15 is 0 Å². The van der Waals surface area contributed by atoms with Crippen LogP contribution in [-0.4, -0.2) is 18.4 Å². The Labute approximate surface area is 144 Å². The Morgan fingerprint density at radius 2 is 1.65 bits per heavy atom. The first kappa shape index (κ1) is 17.3. The number of carbonyl (C=O) groups is 2. The summed E-state index contributed by atoms with van der Waals surface area (Å²) in [5.74, 6) is -0.519. The van der Waals surface area contributed by atoms with Gasteiger partial charge >= 0.3 is 0 Å². The van der Waals surface area contributed by atoms with Crippen LogP contribution in [0.5, 0.6) is 0 Å². The van der Waals surface area contributed by atoms with Gasteiger partial charge in [-0.05, 0) is 42.8 Å². The lowest BCUT2D eigenvalue weighted by molar-refractivity contribution is 0.0952. The lowest BCUT2D eigenvalue weighted by atomic mass is 10.1. The lowest BCUT2D eigenvalue weighted by Crippen LogP contribution is -2.24. The van der Waals surface area contributed by atoms with Gasteiger partial charge in [0.15, 0.2) is 0 Å². The summed E-state index contributed by atoms with van der Waals surface area (Å²) in [4.78, 5) is 24.2. The monoisotopic (exact) mass is 350 g/mol. The van der Waals surface area contributed by atoms with E-state index in [4.69, 9.17) is 23.2 Å². The molecule has 6 heteroatoms. The van der Waals surface area contributed by atoms with Gasteiger partial charge in [0.2, 0.25) is 0 Å². The third-order valence-electron chi connectivity index (χ3n) is 3.04. The highest BCUT2D eigenvalue weighted by Crippen LogP contribution is 2.20. The van der Waals surface area contributed by atoms with Crippen molar-refractivity contribution in [3.63, 3.8) is 0 Å². The van der Waals surface area contributed by atoms with Gasteiger partial charge in [0.1, 0.15) is 0 Å². The molecule has 0 saturated carbocycles. The van der Waals surface area contributed by atoms with Crippen molar-refractivity contribution >= 4 is 40.7 Å². The Morgan fingerprint density at radius 3 is 2.30 bits per heavy atom. The molecule has 0 aliphatic rings. The second kappa shape index (κ2) is 7.99. The van der Waals surface area contributed by atoms with Gasteiger partial charge in [-0.25, -0.2) is 0 Å². The van der Waals surface area contributed by atoms with Gasteiger partial charge in [0.25, 0.3) is 11.8 Å². The van der Waals surface area contributed by atoms with Crippen LogP contribution in [0.15, 0.2) is 42.5 Å². The van der Waals surface area contributed by atoms with Crippen LogP contribution >= 0.6 is 23.2 Å². The van der Waals surface area contributed by atoms with E-state index in [0.717, 1.165) is 6.42 Å². The number of rotatable bonds is 5. The van der Waals surface area contributed by atoms with Crippen molar-refractivity contribution in [1.82, 2.24) is 5.32 Å². The number of carbonyl (C=O) groups excluding carboxylic acids is 2. The first-order valence-electron chi connectivity index (χ1n) is 7.15. The second-order valence-electron chi connectivity index (χ2n) is 4.95. The summed E-state index contributed by atoms with van der Waals surface area (Å²) >= 11 is 11.8. The quantitative estimate of drug-likeness (QED) is 0.840. The molecule has 2 rings (SSSR count). The van der Waals surface area contributed by atoms with Gasteiger partial charge in [0.05, 0.1) is 0 Å². The lowest BCUT2D eigenvalue weighted by Gasteiger charge is -2.08. The Morgan fingerprint density at radius 1 is 0.957 bits per heavy atom. The fraction of sp³-hybridized carbons (Fsp3) is 0.176. The summed E-state index contributed by atoms with van der Waals surface area (Å²) in [5, 5.41) is 6.29. The Hall–Kier alpha value is -2.04. The summed E-state index contributed by atoms with van der Waals surface area (Å²) in [6.45, 7) is 2.59. The molecule has 2 aromatic rings. The van der Waals surface area contributed by atoms with E-state index < -0.39 is 0 Å². The van der Waals surface area contributed by atoms with Gasteiger partial charge in [-0.15, -0.1) is 0 Å². The van der Waals surface area contributed by atoms with Gasteiger partial charge in [-0.2, -0.15) is 0 Å². The molecule has 0 bridgehead atoms. The molecule has 0 aliphatic heterocycles. The Kier molecular flexibility index (Phi) is 6.02. The normalized spacial score (nSPS) is 10.2. The highest BCUT2D eigenvalue weighted by atomic mass is 35.5. The molecule has 2 amide bonds. The van der Waals surface area contributed by atoms with E-state index in [-0.39, 0.29) is 11.8 Å². The number of hydrogen-bond donors (Lipinski definition) is 2. The minimum absolute atomic E-state index is 0.172. The highest BCUT2D eigenvalue weighted by Gasteiger charge is 2.10. The smallest absolute Gasteiger partial charge is 0.255 e. The van der Waals surface area contributed by atoms with Crippen molar-refractivity contribution in [2.75, 3.05) is 11.9 Å². The minimum atomic E-state index is -0.347. The number of benzene rings is 2. The van der Waals surface area contributed by atoms with Gasteiger partial charge in [-0.3, -0.25) is 9.59 Å². The molecule has 2 aromatic carbocycles. The van der Waals surface area contributed by atoms with Gasteiger partial charge in [0, 0.05) is 33.4 Å². The maximum Gasteiger partial charge on any atom is 0.255 e. The zero-order valence-electron chi connectivity index (χ0n) is 12.5. The third kappa shape index (κ3) is 4.98. The molecule has 120 valence electrons. The molecule has 0 fully saturated rings. The average molecular weight is 351 g/mol. The molecule has 0 unspecified atom stereocenters. The Bertz CT molecular complexity index is 712. The number of anilines is 1. The first-order valence-corrected chi connectivity index (χ1v) is 7.91. The summed E-state index contributed by atoms with van der Waals surface area (Å²) in [6.07, 6.45) is 0.859. The predicted octanol–water partition coefficient (Wildman–Crippen LogP) is 4.39. The van der Waals surface area contributed by atoms with Crippen molar-refractivity contribution < 1.29 is 9.59 Å². The van der Waals surface area contributed by atoms with E-state index in [1.165, 1.54) is 12.1 Å². The molecule has 0 aliphatic carbocycles. The summed E-state index contributed by atoms with van der Waals surface area (Å²) in [6, 6.07) is 11.3. The highest BCUT2D eigenvalue weighted by molar-refractivity contribution is 6.35. The van der Waals surface area contributed by atoms with Crippen LogP contribution in [0.3, 0.4) is 0 Å². The molecule has 0 radical (unpaired) electrons. The molecular weight excluding hydrogens is 335 g/mol. The van der Waals surface area contributed by atoms with Gasteiger partial charge in [-0.1, -0.05) is 36.2 Å². The van der Waals surface area contributed by atoms with Crippen LogP contribution in [0.25, 0.3) is 0 Å². The number of halogens is 2. The topological polar surface area (TPSA) is 58.2 Å². The number of nitrogens with one attached hydrogen (secondary N) is 2. The number of amides is 2. The van der Waals surface area contributed by atoms with Crippen molar-refractivity contribution in [3.05, 3.63) is 63.6 Å². The third-order valence-corrected chi connectivity index (χ3v) is 3.48.